The van der Waals surface area contributed by atoms with E-state index in [0.717, 1.165) is 22.8 Å². The molecule has 100 valence electrons. The Kier molecular flexibility index (Phi) is 4.70. The third-order valence-corrected chi connectivity index (χ3v) is 3.51. The maximum atomic E-state index is 6.17. The fraction of sp³-hybridized carbons (Fsp3) is 0.200. The number of benzene rings is 2. The van der Waals surface area contributed by atoms with Crippen LogP contribution in [0.15, 0.2) is 42.5 Å². The minimum Gasteiger partial charge on any atom is -0.398 e. The smallest absolute Gasteiger partial charge is 0.0471 e. The van der Waals surface area contributed by atoms with Crippen molar-refractivity contribution < 1.29 is 0 Å². The molecule has 0 unspecified atom stereocenters. The van der Waals surface area contributed by atoms with Gasteiger partial charge in [0, 0.05) is 34.4 Å². The van der Waals surface area contributed by atoms with E-state index in [-0.39, 0.29) is 0 Å². The van der Waals surface area contributed by atoms with Crippen LogP contribution in [-0.2, 0) is 13.1 Å². The SMILES string of the molecule is CN(Cc1cccc(Cl)c1)Cc1c(N)cccc1Cl. The van der Waals surface area contributed by atoms with E-state index in [0.29, 0.717) is 11.6 Å². The van der Waals surface area contributed by atoms with Gasteiger partial charge in [0.15, 0.2) is 0 Å². The van der Waals surface area contributed by atoms with Crippen LogP contribution in [0.5, 0.6) is 0 Å². The van der Waals surface area contributed by atoms with E-state index in [2.05, 4.69) is 11.0 Å². The lowest BCUT2D eigenvalue weighted by Gasteiger charge is -2.19. The van der Waals surface area contributed by atoms with Gasteiger partial charge >= 0.3 is 0 Å². The fourth-order valence-electron chi connectivity index (χ4n) is 2.01. The third kappa shape index (κ3) is 3.87. The van der Waals surface area contributed by atoms with E-state index in [1.807, 2.05) is 43.4 Å². The van der Waals surface area contributed by atoms with Crippen LogP contribution < -0.4 is 5.73 Å². The Labute approximate surface area is 123 Å². The van der Waals surface area contributed by atoms with Crippen molar-refractivity contribution >= 4 is 28.9 Å². The molecule has 2 nitrogen and oxygen atoms in total. The van der Waals surface area contributed by atoms with Crippen molar-refractivity contribution in [1.29, 1.82) is 0 Å². The van der Waals surface area contributed by atoms with Crippen LogP contribution in [0.2, 0.25) is 10.0 Å². The lowest BCUT2D eigenvalue weighted by atomic mass is 10.1. The van der Waals surface area contributed by atoms with Crippen molar-refractivity contribution in [1.82, 2.24) is 4.90 Å². The molecule has 0 radical (unpaired) electrons. The molecule has 0 amide bonds. The van der Waals surface area contributed by atoms with Crippen molar-refractivity contribution in [2.24, 2.45) is 0 Å². The van der Waals surface area contributed by atoms with Gasteiger partial charge in [-0.2, -0.15) is 0 Å². The van der Waals surface area contributed by atoms with Gasteiger partial charge in [0.1, 0.15) is 0 Å². The summed E-state index contributed by atoms with van der Waals surface area (Å²) in [5.74, 6) is 0. The first-order valence-corrected chi connectivity index (χ1v) is 6.77. The topological polar surface area (TPSA) is 29.3 Å². The van der Waals surface area contributed by atoms with E-state index < -0.39 is 0 Å². The average Bonchev–Trinajstić information content (AvgIpc) is 2.34. The lowest BCUT2D eigenvalue weighted by molar-refractivity contribution is 0.319. The van der Waals surface area contributed by atoms with Crippen molar-refractivity contribution in [2.45, 2.75) is 13.1 Å². The number of hydrogen-bond acceptors (Lipinski definition) is 2. The molecule has 0 saturated heterocycles. The molecule has 0 saturated carbocycles. The highest BCUT2D eigenvalue weighted by Crippen LogP contribution is 2.24. The summed E-state index contributed by atoms with van der Waals surface area (Å²) in [6.07, 6.45) is 0. The molecule has 4 heteroatoms. The summed E-state index contributed by atoms with van der Waals surface area (Å²) in [5, 5.41) is 1.46. The first-order chi connectivity index (χ1) is 9.06. The summed E-state index contributed by atoms with van der Waals surface area (Å²) in [6, 6.07) is 13.4. The molecule has 0 atom stereocenters. The second-order valence-electron chi connectivity index (χ2n) is 4.61. The van der Waals surface area contributed by atoms with E-state index in [1.54, 1.807) is 0 Å². The van der Waals surface area contributed by atoms with Crippen LogP contribution in [0.4, 0.5) is 5.69 Å². The van der Waals surface area contributed by atoms with Gasteiger partial charge in [0.05, 0.1) is 0 Å². The zero-order valence-electron chi connectivity index (χ0n) is 10.7. The molecule has 2 rings (SSSR count). The molecular formula is C15H16Cl2N2. The van der Waals surface area contributed by atoms with Crippen LogP contribution in [-0.4, -0.2) is 11.9 Å². The minimum atomic E-state index is 0.706. The number of nitrogen functional groups attached to an aromatic ring is 1. The molecule has 0 spiro atoms. The van der Waals surface area contributed by atoms with E-state index in [1.165, 1.54) is 5.56 Å². The number of nitrogens with two attached hydrogens (primary N) is 1. The van der Waals surface area contributed by atoms with Crippen LogP contribution in [0, 0.1) is 0 Å². The highest BCUT2D eigenvalue weighted by atomic mass is 35.5. The van der Waals surface area contributed by atoms with Crippen molar-refractivity contribution in [3.63, 3.8) is 0 Å². The highest BCUT2D eigenvalue weighted by Gasteiger charge is 2.08. The van der Waals surface area contributed by atoms with Gasteiger partial charge in [-0.05, 0) is 36.9 Å². The van der Waals surface area contributed by atoms with Crippen molar-refractivity contribution in [2.75, 3.05) is 12.8 Å². The van der Waals surface area contributed by atoms with Crippen molar-refractivity contribution in [3.8, 4) is 0 Å². The molecule has 2 N–H and O–H groups in total. The Morgan fingerprint density at radius 1 is 1.05 bits per heavy atom. The molecule has 0 aliphatic heterocycles. The van der Waals surface area contributed by atoms with Gasteiger partial charge in [-0.15, -0.1) is 0 Å². The molecular weight excluding hydrogens is 279 g/mol. The summed E-state index contributed by atoms with van der Waals surface area (Å²) in [7, 11) is 2.03. The minimum absolute atomic E-state index is 0.706. The lowest BCUT2D eigenvalue weighted by Crippen LogP contribution is -2.18. The van der Waals surface area contributed by atoms with E-state index in [4.69, 9.17) is 28.9 Å². The molecule has 0 aliphatic carbocycles. The monoisotopic (exact) mass is 294 g/mol. The summed E-state index contributed by atoms with van der Waals surface area (Å²) >= 11 is 12.2. The quantitative estimate of drug-likeness (QED) is 0.856. The predicted molar refractivity (Wildman–Crippen MR) is 82.5 cm³/mol. The second-order valence-corrected chi connectivity index (χ2v) is 5.45. The molecule has 0 aromatic heterocycles. The standard InChI is InChI=1S/C15H16Cl2N2/c1-19(9-11-4-2-5-12(16)8-11)10-13-14(17)6-3-7-15(13)18/h2-8H,9-10,18H2,1H3. The zero-order valence-corrected chi connectivity index (χ0v) is 12.2. The average molecular weight is 295 g/mol. The molecule has 2 aromatic carbocycles. The first-order valence-electron chi connectivity index (χ1n) is 6.02. The summed E-state index contributed by atoms with van der Waals surface area (Å²) in [6.45, 7) is 1.50. The van der Waals surface area contributed by atoms with Gasteiger partial charge in [-0.3, -0.25) is 4.90 Å². The molecule has 0 fully saturated rings. The number of anilines is 1. The fourth-order valence-corrected chi connectivity index (χ4v) is 2.47. The number of nitrogens with zero attached hydrogens (tertiary/aromatic N) is 1. The Morgan fingerprint density at radius 2 is 1.79 bits per heavy atom. The van der Waals surface area contributed by atoms with Crippen LogP contribution in [0.3, 0.4) is 0 Å². The predicted octanol–water partition coefficient (Wildman–Crippen LogP) is 4.21. The molecule has 0 aliphatic rings. The van der Waals surface area contributed by atoms with Gasteiger partial charge in [-0.1, -0.05) is 41.4 Å². The first kappa shape index (κ1) is 14.2. The maximum absolute atomic E-state index is 6.17. The van der Waals surface area contributed by atoms with Gasteiger partial charge in [0.25, 0.3) is 0 Å². The van der Waals surface area contributed by atoms with Crippen LogP contribution in [0.1, 0.15) is 11.1 Å². The summed E-state index contributed by atoms with van der Waals surface area (Å²) < 4.78 is 0. The Bertz CT molecular complexity index is 550. The Hall–Kier alpha value is -1.22. The number of rotatable bonds is 4. The van der Waals surface area contributed by atoms with Gasteiger partial charge < -0.3 is 5.73 Å². The summed E-state index contributed by atoms with van der Waals surface area (Å²) in [5.41, 5.74) is 8.82. The van der Waals surface area contributed by atoms with Gasteiger partial charge in [0.2, 0.25) is 0 Å². The Morgan fingerprint density at radius 3 is 2.47 bits per heavy atom. The molecule has 19 heavy (non-hydrogen) atoms. The van der Waals surface area contributed by atoms with Crippen LogP contribution in [0.25, 0.3) is 0 Å². The Balaban J connectivity index is 2.07. The van der Waals surface area contributed by atoms with E-state index in [9.17, 15) is 0 Å². The third-order valence-electron chi connectivity index (χ3n) is 2.92. The number of halogens is 2. The normalized spacial score (nSPS) is 10.9. The largest absolute Gasteiger partial charge is 0.398 e. The number of hydrogen-bond donors (Lipinski definition) is 1. The van der Waals surface area contributed by atoms with E-state index >= 15 is 0 Å². The molecule has 0 bridgehead atoms. The molecule has 0 heterocycles. The van der Waals surface area contributed by atoms with Gasteiger partial charge in [-0.25, -0.2) is 0 Å². The highest BCUT2D eigenvalue weighted by molar-refractivity contribution is 6.31. The van der Waals surface area contributed by atoms with Crippen molar-refractivity contribution in [3.05, 3.63) is 63.6 Å². The second kappa shape index (κ2) is 6.29. The van der Waals surface area contributed by atoms with Crippen LogP contribution >= 0.6 is 23.2 Å². The maximum Gasteiger partial charge on any atom is 0.0471 e. The molecule has 2 aromatic rings. The zero-order chi connectivity index (χ0) is 13.8. The summed E-state index contributed by atoms with van der Waals surface area (Å²) in [4.78, 5) is 2.16.